The maximum absolute atomic E-state index is 13.1. The summed E-state index contributed by atoms with van der Waals surface area (Å²) in [4.78, 5) is 24.7. The van der Waals surface area contributed by atoms with Gasteiger partial charge in [0.1, 0.15) is 17.1 Å². The topological polar surface area (TPSA) is 95.8 Å². The van der Waals surface area contributed by atoms with E-state index in [-0.39, 0.29) is 30.1 Å². The molecule has 194 valence electrons. The van der Waals surface area contributed by atoms with Crippen LogP contribution in [0.4, 0.5) is 24.9 Å². The minimum absolute atomic E-state index is 0.00110. The molecule has 1 saturated heterocycles. The predicted molar refractivity (Wildman–Crippen MR) is 129 cm³/mol. The van der Waals surface area contributed by atoms with E-state index in [1.54, 1.807) is 15.7 Å². The van der Waals surface area contributed by atoms with Crippen molar-refractivity contribution in [3.63, 3.8) is 0 Å². The van der Waals surface area contributed by atoms with Gasteiger partial charge >= 0.3 is 6.18 Å². The van der Waals surface area contributed by atoms with Crippen molar-refractivity contribution in [1.82, 2.24) is 19.4 Å². The number of hydrogen-bond acceptors (Lipinski definition) is 7. The molecule has 0 atom stereocenters. The number of halogens is 3. The number of carbonyl (C=O) groups is 1. The van der Waals surface area contributed by atoms with Crippen LogP contribution in [0.25, 0.3) is 10.9 Å². The summed E-state index contributed by atoms with van der Waals surface area (Å²) in [7, 11) is 1.32. The number of carbonyl (C=O) groups excluding carboxylic acids is 1. The van der Waals surface area contributed by atoms with E-state index in [4.69, 9.17) is 9.72 Å². The van der Waals surface area contributed by atoms with Gasteiger partial charge in [-0.2, -0.15) is 18.2 Å². The fourth-order valence-electron chi connectivity index (χ4n) is 4.21. The Balaban J connectivity index is 1.68. The van der Waals surface area contributed by atoms with Gasteiger partial charge in [-0.1, -0.05) is 6.07 Å². The van der Waals surface area contributed by atoms with Gasteiger partial charge in [-0.25, -0.2) is 4.98 Å². The van der Waals surface area contributed by atoms with Crippen LogP contribution in [-0.2, 0) is 17.5 Å². The number of benzene rings is 1. The number of nitrogens with one attached hydrogen (secondary N) is 1. The average Bonchev–Trinajstić information content (AvgIpc) is 3.18. The number of aromatic hydroxyl groups is 1. The lowest BCUT2D eigenvalue weighted by molar-refractivity contribution is -0.137. The molecule has 12 heteroatoms. The van der Waals surface area contributed by atoms with Gasteiger partial charge in [0, 0.05) is 57.4 Å². The Hall–Kier alpha value is -3.70. The minimum Gasteiger partial charge on any atom is -0.496 e. The second-order valence-electron chi connectivity index (χ2n) is 8.96. The van der Waals surface area contributed by atoms with Crippen LogP contribution in [-0.4, -0.2) is 63.7 Å². The second-order valence-corrected chi connectivity index (χ2v) is 8.96. The molecule has 0 aliphatic carbocycles. The molecule has 2 N–H and O–H groups in total. The molecule has 0 unspecified atom stereocenters. The fourth-order valence-corrected chi connectivity index (χ4v) is 4.21. The second kappa shape index (κ2) is 9.75. The quantitative estimate of drug-likeness (QED) is 0.521. The van der Waals surface area contributed by atoms with Crippen LogP contribution in [0, 0.1) is 0 Å². The molecular formula is C24H29F3N6O3. The van der Waals surface area contributed by atoms with Gasteiger partial charge < -0.3 is 29.5 Å². The van der Waals surface area contributed by atoms with Crippen molar-refractivity contribution < 1.29 is 27.8 Å². The molecule has 1 aromatic carbocycles. The summed E-state index contributed by atoms with van der Waals surface area (Å²) < 4.78 is 46.2. The highest BCUT2D eigenvalue weighted by molar-refractivity contribution is 5.94. The first-order chi connectivity index (χ1) is 17.0. The monoisotopic (exact) mass is 506 g/mol. The van der Waals surface area contributed by atoms with Crippen molar-refractivity contribution in [2.75, 3.05) is 43.5 Å². The van der Waals surface area contributed by atoms with Crippen molar-refractivity contribution in [3.8, 4) is 11.6 Å². The molecule has 1 amide bonds. The van der Waals surface area contributed by atoms with Gasteiger partial charge in [0.2, 0.25) is 17.7 Å². The Labute approximate surface area is 206 Å². The van der Waals surface area contributed by atoms with E-state index in [2.05, 4.69) is 10.3 Å². The number of nitrogens with zero attached hydrogens (tertiary/aromatic N) is 5. The highest BCUT2D eigenvalue weighted by atomic mass is 19.4. The van der Waals surface area contributed by atoms with E-state index in [0.717, 1.165) is 12.1 Å². The number of alkyl halides is 3. The molecular weight excluding hydrogens is 477 g/mol. The third kappa shape index (κ3) is 4.98. The van der Waals surface area contributed by atoms with Gasteiger partial charge in [0.05, 0.1) is 18.1 Å². The maximum Gasteiger partial charge on any atom is 0.416 e. The zero-order chi connectivity index (χ0) is 26.2. The highest BCUT2D eigenvalue weighted by Gasteiger charge is 2.31. The summed E-state index contributed by atoms with van der Waals surface area (Å²) in [5, 5.41) is 14.6. The molecule has 1 aliphatic rings. The van der Waals surface area contributed by atoms with Crippen LogP contribution in [0.1, 0.15) is 37.9 Å². The Morgan fingerprint density at radius 1 is 1.19 bits per heavy atom. The van der Waals surface area contributed by atoms with Crippen LogP contribution < -0.4 is 15.0 Å². The third-order valence-electron chi connectivity index (χ3n) is 6.28. The van der Waals surface area contributed by atoms with E-state index in [1.807, 2.05) is 18.7 Å². The minimum atomic E-state index is -4.48. The number of ether oxygens (including phenoxy) is 1. The number of methoxy groups -OCH3 is 1. The van der Waals surface area contributed by atoms with Gasteiger partial charge in [0.25, 0.3) is 0 Å². The molecule has 0 saturated carbocycles. The third-order valence-corrected chi connectivity index (χ3v) is 6.28. The lowest BCUT2D eigenvalue weighted by atomic mass is 10.1. The summed E-state index contributed by atoms with van der Waals surface area (Å²) in [5.41, 5.74) is 0.0874. The van der Waals surface area contributed by atoms with Crippen LogP contribution in [0.5, 0.6) is 11.6 Å². The first kappa shape index (κ1) is 25.4. The molecule has 0 spiro atoms. The van der Waals surface area contributed by atoms with Crippen molar-refractivity contribution in [2.45, 2.75) is 39.5 Å². The zero-order valence-electron chi connectivity index (χ0n) is 20.6. The largest absolute Gasteiger partial charge is 0.496 e. The summed E-state index contributed by atoms with van der Waals surface area (Å²) in [6, 6.07) is 3.31. The molecule has 9 nitrogen and oxygen atoms in total. The Bertz CT molecular complexity index is 1270. The number of piperazine rings is 1. The average molecular weight is 507 g/mol. The number of rotatable bonds is 6. The first-order valence-corrected chi connectivity index (χ1v) is 11.6. The molecule has 1 aliphatic heterocycles. The molecule has 3 aromatic rings. The molecule has 3 heterocycles. The summed E-state index contributed by atoms with van der Waals surface area (Å²) in [6.45, 7) is 7.64. The van der Waals surface area contributed by atoms with Crippen molar-refractivity contribution in [2.24, 2.45) is 0 Å². The van der Waals surface area contributed by atoms with Gasteiger partial charge in [0.15, 0.2) is 0 Å². The van der Waals surface area contributed by atoms with Crippen LogP contribution >= 0.6 is 0 Å². The number of hydrogen-bond donors (Lipinski definition) is 2. The lowest BCUT2D eigenvalue weighted by Gasteiger charge is -2.34. The number of fused-ring (bicyclic) bond motifs is 1. The molecule has 0 radical (unpaired) electrons. The van der Waals surface area contributed by atoms with Gasteiger partial charge in [-0.05, 0) is 26.0 Å². The first-order valence-electron chi connectivity index (χ1n) is 11.6. The SMILES string of the molecule is COc1cc(C(F)(F)F)ccc1CNc1nc(N2CCN(C(C)=O)CC2)nc2c(O)n(C(C)C)cc12. The van der Waals surface area contributed by atoms with Crippen LogP contribution in [0.15, 0.2) is 24.4 Å². The van der Waals surface area contributed by atoms with Crippen molar-refractivity contribution in [3.05, 3.63) is 35.5 Å². The number of anilines is 2. The fraction of sp³-hybridized carbons (Fsp3) is 0.458. The Kier molecular flexibility index (Phi) is 6.87. The van der Waals surface area contributed by atoms with Gasteiger partial charge in [-0.3, -0.25) is 4.79 Å². The van der Waals surface area contributed by atoms with E-state index in [9.17, 15) is 23.1 Å². The van der Waals surface area contributed by atoms with Crippen LogP contribution in [0.2, 0.25) is 0 Å². The van der Waals surface area contributed by atoms with Gasteiger partial charge in [-0.15, -0.1) is 0 Å². The normalized spacial score (nSPS) is 14.6. The summed E-state index contributed by atoms with van der Waals surface area (Å²) in [6.07, 6.45) is -2.73. The summed E-state index contributed by atoms with van der Waals surface area (Å²) in [5.74, 6) is 0.933. The molecule has 2 aromatic heterocycles. The number of aromatic nitrogens is 3. The molecule has 4 rings (SSSR count). The zero-order valence-corrected chi connectivity index (χ0v) is 20.6. The molecule has 36 heavy (non-hydrogen) atoms. The van der Waals surface area contributed by atoms with E-state index >= 15 is 0 Å². The van der Waals surface area contributed by atoms with Crippen LogP contribution in [0.3, 0.4) is 0 Å². The number of amides is 1. The Morgan fingerprint density at radius 2 is 1.89 bits per heavy atom. The van der Waals surface area contributed by atoms with E-state index in [0.29, 0.717) is 54.4 Å². The molecule has 1 fully saturated rings. The Morgan fingerprint density at radius 3 is 2.47 bits per heavy atom. The molecule has 0 bridgehead atoms. The van der Waals surface area contributed by atoms with E-state index in [1.165, 1.54) is 20.1 Å². The van der Waals surface area contributed by atoms with Crippen molar-refractivity contribution in [1.29, 1.82) is 0 Å². The smallest absolute Gasteiger partial charge is 0.416 e. The highest BCUT2D eigenvalue weighted by Crippen LogP contribution is 2.36. The predicted octanol–water partition coefficient (Wildman–Crippen LogP) is 4.03. The lowest BCUT2D eigenvalue weighted by Crippen LogP contribution is -2.48. The van der Waals surface area contributed by atoms with E-state index < -0.39 is 11.7 Å². The maximum atomic E-state index is 13.1. The summed E-state index contributed by atoms with van der Waals surface area (Å²) >= 11 is 0. The van der Waals surface area contributed by atoms with Crippen molar-refractivity contribution >= 4 is 28.6 Å². The standard InChI is InChI=1S/C24H29F3N6O3/c1-14(2)33-13-18-20(22(33)35)29-23(32-9-7-31(8-10-32)15(3)34)30-21(18)28-12-16-5-6-17(24(25,26)27)11-19(16)36-4/h5-6,11,13-14,35H,7-10,12H2,1-4H3,(H,28,29,30).